The molecule has 29 heavy (non-hydrogen) atoms. The predicted molar refractivity (Wildman–Crippen MR) is 113 cm³/mol. The summed E-state index contributed by atoms with van der Waals surface area (Å²) in [4.78, 5) is 21.3. The minimum absolute atomic E-state index is 0.283. The smallest absolute Gasteiger partial charge is 0.258 e. The van der Waals surface area contributed by atoms with Crippen LogP contribution in [-0.4, -0.2) is 54.2 Å². The third kappa shape index (κ3) is 4.72. The van der Waals surface area contributed by atoms with Crippen LogP contribution in [0.2, 0.25) is 0 Å². The van der Waals surface area contributed by atoms with Crippen molar-refractivity contribution in [1.82, 2.24) is 15.0 Å². The fraction of sp³-hybridized carbons (Fsp3) is 0.286. The average molecular weight is 392 g/mol. The van der Waals surface area contributed by atoms with E-state index in [2.05, 4.69) is 49.8 Å². The molecule has 3 aromatic rings. The quantitative estimate of drug-likeness (QED) is 0.690. The number of pyridine rings is 1. The van der Waals surface area contributed by atoms with Crippen LogP contribution in [0.1, 0.15) is 16.1 Å². The number of hydrogen-bond acceptors (Lipinski definition) is 7. The van der Waals surface area contributed by atoms with Crippen molar-refractivity contribution < 1.29 is 9.32 Å². The fourth-order valence-corrected chi connectivity index (χ4v) is 3.18. The molecule has 1 aliphatic rings. The highest BCUT2D eigenvalue weighted by Crippen LogP contribution is 2.21. The number of carbonyl (C=O) groups is 1. The summed E-state index contributed by atoms with van der Waals surface area (Å²) in [6.45, 7) is 6.02. The maximum Gasteiger partial charge on any atom is 0.258 e. The van der Waals surface area contributed by atoms with Crippen molar-refractivity contribution in [2.45, 2.75) is 6.92 Å². The van der Waals surface area contributed by atoms with Crippen molar-refractivity contribution in [3.05, 3.63) is 60.0 Å². The van der Waals surface area contributed by atoms with Crippen LogP contribution in [0.4, 0.5) is 23.0 Å². The standard InChI is InChI=1S/C21H24N6O2/c1-15-13-20(25-29-15)24-21(28)16-3-8-19(22-14-16)23-17-4-6-18(7-5-17)27-11-9-26(2)10-12-27/h3-8,13-14H,9-12H2,1-2H3,(H,22,23)(H,24,25,28). The first kappa shape index (κ1) is 18.9. The van der Waals surface area contributed by atoms with Gasteiger partial charge in [0.1, 0.15) is 11.6 Å². The van der Waals surface area contributed by atoms with Gasteiger partial charge in [-0.3, -0.25) is 4.79 Å². The minimum Gasteiger partial charge on any atom is -0.369 e. The van der Waals surface area contributed by atoms with Gasteiger partial charge in [-0.25, -0.2) is 4.98 Å². The number of nitrogens with one attached hydrogen (secondary N) is 2. The number of nitrogens with zero attached hydrogens (tertiary/aromatic N) is 4. The number of aromatic nitrogens is 2. The second-order valence-corrected chi connectivity index (χ2v) is 7.17. The van der Waals surface area contributed by atoms with Gasteiger partial charge in [-0.05, 0) is 50.4 Å². The molecule has 2 aromatic heterocycles. The van der Waals surface area contributed by atoms with E-state index in [0.717, 1.165) is 31.9 Å². The molecule has 2 N–H and O–H groups in total. The SMILES string of the molecule is Cc1cc(NC(=O)c2ccc(Nc3ccc(N4CCN(C)CC4)cc3)nc2)no1. The van der Waals surface area contributed by atoms with Crippen molar-refractivity contribution in [2.75, 3.05) is 48.8 Å². The van der Waals surface area contributed by atoms with E-state index in [1.807, 2.05) is 12.1 Å². The largest absolute Gasteiger partial charge is 0.369 e. The zero-order chi connectivity index (χ0) is 20.2. The Hall–Kier alpha value is -3.39. The third-order valence-electron chi connectivity index (χ3n) is 4.90. The summed E-state index contributed by atoms with van der Waals surface area (Å²) in [6.07, 6.45) is 1.53. The van der Waals surface area contributed by atoms with Gasteiger partial charge >= 0.3 is 0 Å². The van der Waals surface area contributed by atoms with E-state index in [4.69, 9.17) is 4.52 Å². The lowest BCUT2D eigenvalue weighted by Gasteiger charge is -2.34. The van der Waals surface area contributed by atoms with Crippen molar-refractivity contribution in [2.24, 2.45) is 0 Å². The van der Waals surface area contributed by atoms with Crippen molar-refractivity contribution in [3.8, 4) is 0 Å². The van der Waals surface area contributed by atoms with E-state index in [0.29, 0.717) is 23.0 Å². The molecule has 1 amide bonds. The summed E-state index contributed by atoms with van der Waals surface area (Å²) in [5.41, 5.74) is 2.62. The molecule has 0 saturated carbocycles. The summed E-state index contributed by atoms with van der Waals surface area (Å²) in [7, 11) is 2.15. The summed E-state index contributed by atoms with van der Waals surface area (Å²) in [6, 6.07) is 13.5. The number of piperazine rings is 1. The topological polar surface area (TPSA) is 86.5 Å². The predicted octanol–water partition coefficient (Wildman–Crippen LogP) is 3.13. The summed E-state index contributed by atoms with van der Waals surface area (Å²) in [5, 5.41) is 9.69. The maximum atomic E-state index is 12.2. The highest BCUT2D eigenvalue weighted by Gasteiger charge is 2.14. The number of aryl methyl sites for hydroxylation is 1. The van der Waals surface area contributed by atoms with Crippen LogP contribution in [-0.2, 0) is 0 Å². The van der Waals surface area contributed by atoms with Gasteiger partial charge in [-0.15, -0.1) is 0 Å². The van der Waals surface area contributed by atoms with Gasteiger partial charge in [0.05, 0.1) is 5.56 Å². The second-order valence-electron chi connectivity index (χ2n) is 7.17. The average Bonchev–Trinajstić information content (AvgIpc) is 3.14. The van der Waals surface area contributed by atoms with Gasteiger partial charge in [-0.1, -0.05) is 5.16 Å². The second kappa shape index (κ2) is 8.32. The molecule has 3 heterocycles. The molecule has 0 unspecified atom stereocenters. The van der Waals surface area contributed by atoms with E-state index in [9.17, 15) is 4.79 Å². The van der Waals surface area contributed by atoms with Gasteiger partial charge in [0, 0.05) is 49.8 Å². The summed E-state index contributed by atoms with van der Waals surface area (Å²) < 4.78 is 4.94. The lowest BCUT2D eigenvalue weighted by Crippen LogP contribution is -2.44. The molecule has 0 atom stereocenters. The number of amides is 1. The Kier molecular flexibility index (Phi) is 5.44. The van der Waals surface area contributed by atoms with Crippen LogP contribution < -0.4 is 15.5 Å². The molecule has 1 saturated heterocycles. The van der Waals surface area contributed by atoms with E-state index in [-0.39, 0.29) is 5.91 Å². The lowest BCUT2D eigenvalue weighted by molar-refractivity contribution is 0.102. The molecule has 8 nitrogen and oxygen atoms in total. The molecule has 1 aromatic carbocycles. The number of likely N-dealkylation sites (N-methyl/N-ethyl adjacent to an activating group) is 1. The van der Waals surface area contributed by atoms with Crippen LogP contribution in [0.25, 0.3) is 0 Å². The minimum atomic E-state index is -0.283. The zero-order valence-electron chi connectivity index (χ0n) is 16.6. The Morgan fingerprint density at radius 3 is 2.41 bits per heavy atom. The van der Waals surface area contributed by atoms with Crippen molar-refractivity contribution in [3.63, 3.8) is 0 Å². The number of rotatable bonds is 5. The number of anilines is 4. The van der Waals surface area contributed by atoms with Gasteiger partial charge in [0.2, 0.25) is 0 Å². The Labute approximate surface area is 169 Å². The summed E-state index contributed by atoms with van der Waals surface area (Å²) in [5.74, 6) is 1.41. The Bertz CT molecular complexity index is 960. The highest BCUT2D eigenvalue weighted by molar-refractivity contribution is 6.03. The molecule has 1 aliphatic heterocycles. The van der Waals surface area contributed by atoms with E-state index in [1.165, 1.54) is 11.9 Å². The zero-order valence-corrected chi connectivity index (χ0v) is 16.6. The summed E-state index contributed by atoms with van der Waals surface area (Å²) >= 11 is 0. The van der Waals surface area contributed by atoms with E-state index < -0.39 is 0 Å². The molecule has 1 fully saturated rings. The molecular formula is C21H24N6O2. The van der Waals surface area contributed by atoms with Gasteiger partial charge < -0.3 is 25.0 Å². The molecule has 4 rings (SSSR count). The van der Waals surface area contributed by atoms with Crippen LogP contribution in [0, 0.1) is 6.92 Å². The molecule has 150 valence electrons. The molecule has 0 bridgehead atoms. The van der Waals surface area contributed by atoms with Gasteiger partial charge in [0.15, 0.2) is 5.82 Å². The van der Waals surface area contributed by atoms with Gasteiger partial charge in [-0.2, -0.15) is 0 Å². The van der Waals surface area contributed by atoms with Gasteiger partial charge in [0.25, 0.3) is 5.91 Å². The maximum absolute atomic E-state index is 12.2. The first-order chi connectivity index (χ1) is 14.1. The Balaban J connectivity index is 1.35. The first-order valence-corrected chi connectivity index (χ1v) is 9.58. The van der Waals surface area contributed by atoms with Crippen LogP contribution in [0.5, 0.6) is 0 Å². The molecule has 0 radical (unpaired) electrons. The van der Waals surface area contributed by atoms with E-state index in [1.54, 1.807) is 25.1 Å². The number of carbonyl (C=O) groups excluding carboxylic acids is 1. The number of benzene rings is 1. The Morgan fingerprint density at radius 1 is 1.03 bits per heavy atom. The molecular weight excluding hydrogens is 368 g/mol. The molecule has 8 heteroatoms. The third-order valence-corrected chi connectivity index (χ3v) is 4.90. The monoisotopic (exact) mass is 392 g/mol. The van der Waals surface area contributed by atoms with E-state index >= 15 is 0 Å². The van der Waals surface area contributed by atoms with Crippen molar-refractivity contribution in [1.29, 1.82) is 0 Å². The Morgan fingerprint density at radius 2 is 1.79 bits per heavy atom. The molecule has 0 aliphatic carbocycles. The highest BCUT2D eigenvalue weighted by atomic mass is 16.5. The van der Waals surface area contributed by atoms with Crippen molar-refractivity contribution >= 4 is 28.9 Å². The lowest BCUT2D eigenvalue weighted by atomic mass is 10.2. The normalized spacial score (nSPS) is 14.6. The fourth-order valence-electron chi connectivity index (χ4n) is 3.18. The van der Waals surface area contributed by atoms with Crippen LogP contribution >= 0.6 is 0 Å². The number of hydrogen-bond donors (Lipinski definition) is 2. The molecule has 0 spiro atoms. The van der Waals surface area contributed by atoms with Crippen LogP contribution in [0.15, 0.2) is 53.2 Å². The first-order valence-electron chi connectivity index (χ1n) is 9.58. The van der Waals surface area contributed by atoms with Crippen LogP contribution in [0.3, 0.4) is 0 Å².